The Labute approximate surface area is 161 Å². The number of rotatable bonds is 7. The van der Waals surface area contributed by atoms with Gasteiger partial charge in [-0.15, -0.1) is 10.2 Å². The van der Waals surface area contributed by atoms with E-state index in [1.165, 1.54) is 11.8 Å². The number of amides is 1. The van der Waals surface area contributed by atoms with Gasteiger partial charge in [-0.05, 0) is 42.8 Å². The lowest BCUT2D eigenvalue weighted by atomic mass is 10.2. The first kappa shape index (κ1) is 18.4. The van der Waals surface area contributed by atoms with E-state index in [4.69, 9.17) is 11.6 Å². The molecule has 0 unspecified atom stereocenters. The average molecular weight is 388 g/mol. The normalized spacial score (nSPS) is 10.7. The molecular formula is C18H18ClN5OS. The van der Waals surface area contributed by atoms with Gasteiger partial charge in [0.25, 0.3) is 0 Å². The van der Waals surface area contributed by atoms with E-state index in [-0.39, 0.29) is 11.7 Å². The van der Waals surface area contributed by atoms with Crippen molar-refractivity contribution in [3.05, 3.63) is 53.8 Å². The van der Waals surface area contributed by atoms with Gasteiger partial charge in [-0.3, -0.25) is 9.78 Å². The second-order valence-corrected chi connectivity index (χ2v) is 6.92. The highest BCUT2D eigenvalue weighted by molar-refractivity contribution is 7.99. The van der Waals surface area contributed by atoms with Crippen molar-refractivity contribution >= 4 is 35.0 Å². The van der Waals surface area contributed by atoms with Crippen molar-refractivity contribution in [3.8, 4) is 11.4 Å². The van der Waals surface area contributed by atoms with E-state index >= 15 is 0 Å². The van der Waals surface area contributed by atoms with Crippen LogP contribution >= 0.6 is 23.4 Å². The van der Waals surface area contributed by atoms with Crippen LogP contribution in [0.2, 0.25) is 5.02 Å². The Balaban J connectivity index is 1.68. The SMILES string of the molecule is CCCn1c(SCC(=O)Nc2ccc(Cl)cc2)nnc1-c1cccnc1. The summed E-state index contributed by atoms with van der Waals surface area (Å²) in [6.45, 7) is 2.87. The summed E-state index contributed by atoms with van der Waals surface area (Å²) < 4.78 is 2.03. The Morgan fingerprint density at radius 3 is 2.73 bits per heavy atom. The molecule has 0 aliphatic heterocycles. The van der Waals surface area contributed by atoms with Crippen LogP contribution < -0.4 is 5.32 Å². The first-order valence-electron chi connectivity index (χ1n) is 8.19. The molecule has 0 aliphatic carbocycles. The van der Waals surface area contributed by atoms with Gasteiger partial charge >= 0.3 is 0 Å². The van der Waals surface area contributed by atoms with Crippen LogP contribution in [0.4, 0.5) is 5.69 Å². The molecule has 134 valence electrons. The van der Waals surface area contributed by atoms with Gasteiger partial charge in [-0.2, -0.15) is 0 Å². The molecule has 3 aromatic rings. The summed E-state index contributed by atoms with van der Waals surface area (Å²) >= 11 is 7.21. The van der Waals surface area contributed by atoms with Crippen molar-refractivity contribution in [2.45, 2.75) is 25.0 Å². The zero-order chi connectivity index (χ0) is 18.4. The Morgan fingerprint density at radius 2 is 2.04 bits per heavy atom. The molecule has 8 heteroatoms. The predicted octanol–water partition coefficient (Wildman–Crippen LogP) is 4.13. The highest BCUT2D eigenvalue weighted by atomic mass is 35.5. The van der Waals surface area contributed by atoms with E-state index in [1.807, 2.05) is 16.7 Å². The predicted molar refractivity (Wildman–Crippen MR) is 104 cm³/mol. The molecule has 0 fully saturated rings. The number of hydrogen-bond donors (Lipinski definition) is 1. The van der Waals surface area contributed by atoms with Crippen molar-refractivity contribution in [2.24, 2.45) is 0 Å². The lowest BCUT2D eigenvalue weighted by molar-refractivity contribution is -0.113. The fourth-order valence-electron chi connectivity index (χ4n) is 2.39. The Hall–Kier alpha value is -2.38. The first-order valence-corrected chi connectivity index (χ1v) is 9.55. The second-order valence-electron chi connectivity index (χ2n) is 5.54. The number of nitrogens with zero attached hydrogens (tertiary/aromatic N) is 4. The number of pyridine rings is 1. The van der Waals surface area contributed by atoms with Crippen molar-refractivity contribution < 1.29 is 4.79 Å². The van der Waals surface area contributed by atoms with Gasteiger partial charge in [0.1, 0.15) is 0 Å². The molecule has 0 radical (unpaired) electrons. The average Bonchev–Trinajstić information content (AvgIpc) is 3.06. The number of hydrogen-bond acceptors (Lipinski definition) is 5. The molecule has 0 spiro atoms. The number of halogens is 1. The van der Waals surface area contributed by atoms with Gasteiger partial charge in [0, 0.05) is 35.2 Å². The second kappa shape index (κ2) is 8.82. The summed E-state index contributed by atoms with van der Waals surface area (Å²) in [4.78, 5) is 16.3. The fourth-order valence-corrected chi connectivity index (χ4v) is 3.28. The van der Waals surface area contributed by atoms with Crippen LogP contribution in [0.5, 0.6) is 0 Å². The van der Waals surface area contributed by atoms with Crippen LogP contribution in [0.3, 0.4) is 0 Å². The van der Waals surface area contributed by atoms with Crippen molar-refractivity contribution in [1.82, 2.24) is 19.7 Å². The largest absolute Gasteiger partial charge is 0.325 e. The maximum Gasteiger partial charge on any atom is 0.234 e. The number of benzene rings is 1. The van der Waals surface area contributed by atoms with Gasteiger partial charge in [-0.1, -0.05) is 30.3 Å². The minimum absolute atomic E-state index is 0.105. The number of nitrogens with one attached hydrogen (secondary N) is 1. The van der Waals surface area contributed by atoms with E-state index in [9.17, 15) is 4.79 Å². The smallest absolute Gasteiger partial charge is 0.234 e. The third-order valence-electron chi connectivity index (χ3n) is 3.54. The molecule has 1 amide bonds. The van der Waals surface area contributed by atoms with Crippen LogP contribution in [0.15, 0.2) is 53.9 Å². The third-order valence-corrected chi connectivity index (χ3v) is 4.76. The molecule has 2 heterocycles. The summed E-state index contributed by atoms with van der Waals surface area (Å²) in [5.74, 6) is 0.907. The molecule has 0 aliphatic rings. The first-order chi connectivity index (χ1) is 12.7. The van der Waals surface area contributed by atoms with Crippen LogP contribution in [0, 0.1) is 0 Å². The van der Waals surface area contributed by atoms with Crippen LogP contribution in [0.1, 0.15) is 13.3 Å². The molecule has 0 atom stereocenters. The molecule has 6 nitrogen and oxygen atoms in total. The Bertz CT molecular complexity index is 867. The maximum atomic E-state index is 12.2. The lowest BCUT2D eigenvalue weighted by Gasteiger charge is -2.09. The molecular weight excluding hydrogens is 370 g/mol. The van der Waals surface area contributed by atoms with Crippen molar-refractivity contribution in [3.63, 3.8) is 0 Å². The van der Waals surface area contributed by atoms with Gasteiger partial charge in [-0.25, -0.2) is 0 Å². The third kappa shape index (κ3) is 4.62. The molecule has 0 bridgehead atoms. The van der Waals surface area contributed by atoms with Crippen molar-refractivity contribution in [1.29, 1.82) is 0 Å². The molecule has 0 saturated carbocycles. The molecule has 3 rings (SSSR count). The topological polar surface area (TPSA) is 72.7 Å². The highest BCUT2D eigenvalue weighted by Gasteiger charge is 2.15. The minimum atomic E-state index is -0.105. The number of carbonyl (C=O) groups is 1. The maximum absolute atomic E-state index is 12.2. The van der Waals surface area contributed by atoms with Gasteiger partial charge < -0.3 is 9.88 Å². The number of carbonyl (C=O) groups excluding carboxylic acids is 1. The van der Waals surface area contributed by atoms with E-state index < -0.39 is 0 Å². The highest BCUT2D eigenvalue weighted by Crippen LogP contribution is 2.24. The number of aromatic nitrogens is 4. The van der Waals surface area contributed by atoms with Gasteiger partial charge in [0.05, 0.1) is 5.75 Å². The van der Waals surface area contributed by atoms with E-state index in [0.29, 0.717) is 10.7 Å². The zero-order valence-electron chi connectivity index (χ0n) is 14.2. The zero-order valence-corrected chi connectivity index (χ0v) is 15.8. The summed E-state index contributed by atoms with van der Waals surface area (Å²) in [6.07, 6.45) is 4.43. The molecule has 2 aromatic heterocycles. The van der Waals surface area contributed by atoms with E-state index in [1.54, 1.807) is 36.7 Å². The fraction of sp³-hybridized carbons (Fsp3) is 0.222. The number of anilines is 1. The summed E-state index contributed by atoms with van der Waals surface area (Å²) in [5, 5.41) is 12.7. The molecule has 26 heavy (non-hydrogen) atoms. The Morgan fingerprint density at radius 1 is 1.23 bits per heavy atom. The van der Waals surface area contributed by atoms with Crippen molar-refractivity contribution in [2.75, 3.05) is 11.1 Å². The van der Waals surface area contributed by atoms with Crippen LogP contribution in [-0.4, -0.2) is 31.4 Å². The van der Waals surface area contributed by atoms with E-state index in [2.05, 4.69) is 27.4 Å². The molecule has 0 saturated heterocycles. The quantitative estimate of drug-likeness (QED) is 0.617. The van der Waals surface area contributed by atoms with Gasteiger partial charge in [0.2, 0.25) is 5.91 Å². The molecule has 1 N–H and O–H groups in total. The van der Waals surface area contributed by atoms with E-state index in [0.717, 1.165) is 29.5 Å². The summed E-state index contributed by atoms with van der Waals surface area (Å²) in [7, 11) is 0. The van der Waals surface area contributed by atoms with Gasteiger partial charge in [0.15, 0.2) is 11.0 Å². The van der Waals surface area contributed by atoms with Crippen LogP contribution in [0.25, 0.3) is 11.4 Å². The lowest BCUT2D eigenvalue weighted by Crippen LogP contribution is -2.14. The number of thioether (sulfide) groups is 1. The minimum Gasteiger partial charge on any atom is -0.325 e. The monoisotopic (exact) mass is 387 g/mol. The van der Waals surface area contributed by atoms with Crippen LogP contribution in [-0.2, 0) is 11.3 Å². The Kier molecular flexibility index (Phi) is 6.25. The summed E-state index contributed by atoms with van der Waals surface area (Å²) in [5.41, 5.74) is 1.62. The summed E-state index contributed by atoms with van der Waals surface area (Å²) in [6, 6.07) is 10.8. The molecule has 1 aromatic carbocycles. The standard InChI is InChI=1S/C18H18ClN5OS/c1-2-10-24-17(13-4-3-9-20-11-13)22-23-18(24)26-12-16(25)21-15-7-5-14(19)6-8-15/h3-9,11H,2,10,12H2,1H3,(H,21,25).